The van der Waals surface area contributed by atoms with Crippen LogP contribution in [0.3, 0.4) is 0 Å². The van der Waals surface area contributed by atoms with E-state index in [1.165, 1.54) is 4.90 Å². The fourth-order valence-corrected chi connectivity index (χ4v) is 4.83. The molecule has 2 amide bonds. The molecule has 0 saturated carbocycles. The van der Waals surface area contributed by atoms with Gasteiger partial charge in [0.1, 0.15) is 5.65 Å². The van der Waals surface area contributed by atoms with Crippen LogP contribution in [0.2, 0.25) is 5.02 Å². The van der Waals surface area contributed by atoms with Crippen LogP contribution < -0.4 is 4.90 Å². The number of aromatic nitrogens is 2. The highest BCUT2D eigenvalue weighted by molar-refractivity contribution is 6.33. The Labute approximate surface area is 202 Å². The molecule has 9 nitrogen and oxygen atoms in total. The zero-order valence-electron chi connectivity index (χ0n) is 18.9. The molecule has 1 unspecified atom stereocenters. The third-order valence-electron chi connectivity index (χ3n) is 6.54. The van der Waals surface area contributed by atoms with Crippen LogP contribution in [0.25, 0.3) is 16.9 Å². The highest BCUT2D eigenvalue weighted by Gasteiger charge is 2.33. The molecule has 34 heavy (non-hydrogen) atoms. The smallest absolute Gasteiger partial charge is 0.407 e. The summed E-state index contributed by atoms with van der Waals surface area (Å²) in [6.07, 6.45) is 0.225. The largest absolute Gasteiger partial charge is 0.465 e. The molecule has 0 spiro atoms. The molecule has 0 bridgehead atoms. The molecule has 1 atom stereocenters. The van der Waals surface area contributed by atoms with Crippen molar-refractivity contribution >= 4 is 34.9 Å². The number of morpholine rings is 1. The van der Waals surface area contributed by atoms with E-state index in [9.17, 15) is 14.7 Å². The summed E-state index contributed by atoms with van der Waals surface area (Å²) in [6.45, 7) is 5.03. The Hall–Kier alpha value is -3.30. The first-order valence-electron chi connectivity index (χ1n) is 11.3. The number of carboxylic acid groups (broad SMARTS) is 1. The molecule has 1 aromatic carbocycles. The molecule has 10 heteroatoms. The van der Waals surface area contributed by atoms with Gasteiger partial charge in [-0.15, -0.1) is 0 Å². The van der Waals surface area contributed by atoms with E-state index < -0.39 is 12.2 Å². The van der Waals surface area contributed by atoms with Crippen molar-refractivity contribution in [3.63, 3.8) is 0 Å². The number of fused-ring (bicyclic) bond motifs is 1. The van der Waals surface area contributed by atoms with Gasteiger partial charge in [0.25, 0.3) is 5.91 Å². The van der Waals surface area contributed by atoms with E-state index in [1.807, 2.05) is 47.9 Å². The second-order valence-corrected chi connectivity index (χ2v) is 8.95. The maximum atomic E-state index is 12.9. The number of pyridine rings is 1. The molecule has 1 N–H and O–H groups in total. The quantitative estimate of drug-likeness (QED) is 0.616. The van der Waals surface area contributed by atoms with Crippen LogP contribution in [-0.4, -0.2) is 88.3 Å². The van der Waals surface area contributed by atoms with Crippen molar-refractivity contribution in [2.45, 2.75) is 13.0 Å². The standard InChI is InChI=1S/C24H26ClN5O4/c1-16-22(26-21-4-2-3-7-30(16)21)18-14-17(5-6-19(18)25)27-8-10-28(11-9-27)23(31)20-15-29(24(32)33)12-13-34-20/h2-7,14,20H,8-13,15H2,1H3,(H,32,33). The van der Waals surface area contributed by atoms with Gasteiger partial charge in [-0.1, -0.05) is 17.7 Å². The van der Waals surface area contributed by atoms with Crippen molar-refractivity contribution in [3.8, 4) is 11.3 Å². The number of amides is 2. The van der Waals surface area contributed by atoms with Crippen LogP contribution in [0, 0.1) is 6.92 Å². The van der Waals surface area contributed by atoms with E-state index in [1.54, 1.807) is 4.90 Å². The van der Waals surface area contributed by atoms with Crippen molar-refractivity contribution in [2.24, 2.45) is 0 Å². The predicted molar refractivity (Wildman–Crippen MR) is 129 cm³/mol. The third kappa shape index (κ3) is 4.17. The molecule has 2 saturated heterocycles. The molecule has 0 radical (unpaired) electrons. The number of nitrogens with zero attached hydrogens (tertiary/aromatic N) is 5. The Morgan fingerprint density at radius 3 is 2.62 bits per heavy atom. The van der Waals surface area contributed by atoms with E-state index in [4.69, 9.17) is 21.3 Å². The van der Waals surface area contributed by atoms with Gasteiger partial charge in [-0.3, -0.25) is 4.79 Å². The van der Waals surface area contributed by atoms with E-state index in [-0.39, 0.29) is 25.6 Å². The van der Waals surface area contributed by atoms with Crippen LogP contribution in [-0.2, 0) is 9.53 Å². The summed E-state index contributed by atoms with van der Waals surface area (Å²) in [6, 6.07) is 11.8. The lowest BCUT2D eigenvalue weighted by molar-refractivity contribution is -0.148. The van der Waals surface area contributed by atoms with Gasteiger partial charge < -0.3 is 28.9 Å². The molecule has 3 aromatic rings. The Kier molecular flexibility index (Phi) is 6.05. The van der Waals surface area contributed by atoms with Crippen molar-refractivity contribution in [2.75, 3.05) is 50.8 Å². The van der Waals surface area contributed by atoms with Crippen LogP contribution >= 0.6 is 11.6 Å². The summed E-state index contributed by atoms with van der Waals surface area (Å²) in [5.41, 5.74) is 4.64. The number of halogens is 1. The maximum Gasteiger partial charge on any atom is 0.407 e. The Morgan fingerprint density at radius 2 is 1.88 bits per heavy atom. The number of rotatable bonds is 3. The molecular weight excluding hydrogens is 458 g/mol. The summed E-state index contributed by atoms with van der Waals surface area (Å²) in [4.78, 5) is 34.2. The zero-order valence-corrected chi connectivity index (χ0v) is 19.6. The number of hydrogen-bond donors (Lipinski definition) is 1. The van der Waals surface area contributed by atoms with E-state index in [2.05, 4.69) is 11.0 Å². The summed E-state index contributed by atoms with van der Waals surface area (Å²) in [5, 5.41) is 9.86. The van der Waals surface area contributed by atoms with Gasteiger partial charge in [-0.25, -0.2) is 9.78 Å². The fraction of sp³-hybridized carbons (Fsp3) is 0.375. The molecule has 2 aliphatic heterocycles. The second kappa shape index (κ2) is 9.15. The maximum absolute atomic E-state index is 12.9. The van der Waals surface area contributed by atoms with Crippen LogP contribution in [0.5, 0.6) is 0 Å². The van der Waals surface area contributed by atoms with Gasteiger partial charge in [-0.05, 0) is 37.3 Å². The van der Waals surface area contributed by atoms with Gasteiger partial charge >= 0.3 is 6.09 Å². The average molecular weight is 484 g/mol. The summed E-state index contributed by atoms with van der Waals surface area (Å²) >= 11 is 6.57. The topological polar surface area (TPSA) is 90.6 Å². The number of aryl methyl sites for hydroxylation is 1. The number of benzene rings is 1. The molecule has 0 aliphatic carbocycles. The van der Waals surface area contributed by atoms with Gasteiger partial charge in [0.15, 0.2) is 6.10 Å². The number of ether oxygens (including phenoxy) is 1. The second-order valence-electron chi connectivity index (χ2n) is 8.54. The van der Waals surface area contributed by atoms with Crippen molar-refractivity contribution in [1.29, 1.82) is 0 Å². The van der Waals surface area contributed by atoms with Crippen LogP contribution in [0.1, 0.15) is 5.69 Å². The first-order chi connectivity index (χ1) is 16.4. The molecule has 2 aliphatic rings. The van der Waals surface area contributed by atoms with Crippen molar-refractivity contribution in [3.05, 3.63) is 53.3 Å². The summed E-state index contributed by atoms with van der Waals surface area (Å²) < 4.78 is 7.61. The third-order valence-corrected chi connectivity index (χ3v) is 6.87. The lowest BCUT2D eigenvalue weighted by atomic mass is 10.1. The zero-order chi connectivity index (χ0) is 23.8. The first-order valence-corrected chi connectivity index (χ1v) is 11.7. The predicted octanol–water partition coefficient (Wildman–Crippen LogP) is 2.99. The number of anilines is 1. The lowest BCUT2D eigenvalue weighted by Crippen LogP contribution is -2.56. The van der Waals surface area contributed by atoms with Gasteiger partial charge in [0.05, 0.1) is 23.9 Å². The summed E-state index contributed by atoms with van der Waals surface area (Å²) in [5.74, 6) is -0.150. The normalized spacial score (nSPS) is 19.0. The van der Waals surface area contributed by atoms with Gasteiger partial charge in [-0.2, -0.15) is 0 Å². The van der Waals surface area contributed by atoms with E-state index in [0.717, 1.165) is 28.3 Å². The van der Waals surface area contributed by atoms with Gasteiger partial charge in [0.2, 0.25) is 0 Å². The monoisotopic (exact) mass is 483 g/mol. The highest BCUT2D eigenvalue weighted by atomic mass is 35.5. The Morgan fingerprint density at radius 1 is 1.09 bits per heavy atom. The number of hydrogen-bond acceptors (Lipinski definition) is 5. The number of carbonyl (C=O) groups is 2. The minimum absolute atomic E-state index is 0.0767. The fourth-order valence-electron chi connectivity index (χ4n) is 4.63. The molecule has 2 aromatic heterocycles. The van der Waals surface area contributed by atoms with Crippen molar-refractivity contribution < 1.29 is 19.4 Å². The average Bonchev–Trinajstić information content (AvgIpc) is 3.20. The Bertz CT molecular complexity index is 1240. The van der Waals surface area contributed by atoms with E-state index >= 15 is 0 Å². The van der Waals surface area contributed by atoms with Crippen LogP contribution in [0.4, 0.5) is 10.5 Å². The minimum Gasteiger partial charge on any atom is -0.465 e. The lowest BCUT2D eigenvalue weighted by Gasteiger charge is -2.39. The number of piperazine rings is 1. The molecule has 178 valence electrons. The molecule has 2 fully saturated rings. The number of carbonyl (C=O) groups excluding carboxylic acids is 1. The molecular formula is C24H26ClN5O4. The van der Waals surface area contributed by atoms with E-state index in [0.29, 0.717) is 31.2 Å². The first kappa shape index (κ1) is 22.5. The SMILES string of the molecule is Cc1c(-c2cc(N3CCN(C(=O)C4CN(C(=O)O)CCO4)CC3)ccc2Cl)nc2ccccn12. The summed E-state index contributed by atoms with van der Waals surface area (Å²) in [7, 11) is 0. The molecule has 5 rings (SSSR count). The van der Waals surface area contributed by atoms with Crippen molar-refractivity contribution in [1.82, 2.24) is 19.2 Å². The Balaban J connectivity index is 1.29. The highest BCUT2D eigenvalue weighted by Crippen LogP contribution is 2.34. The number of imidazole rings is 1. The van der Waals surface area contributed by atoms with Crippen LogP contribution in [0.15, 0.2) is 42.6 Å². The minimum atomic E-state index is -1.02. The molecule has 4 heterocycles. The van der Waals surface area contributed by atoms with Gasteiger partial charge in [0, 0.05) is 55.9 Å².